The van der Waals surface area contributed by atoms with Gasteiger partial charge in [-0.1, -0.05) is 29.8 Å². The van der Waals surface area contributed by atoms with Crippen molar-refractivity contribution >= 4 is 23.5 Å². The molecule has 30 heavy (non-hydrogen) atoms. The highest BCUT2D eigenvalue weighted by Crippen LogP contribution is 2.30. The molecule has 0 aliphatic heterocycles. The number of alkyl halides is 3. The van der Waals surface area contributed by atoms with Gasteiger partial charge in [0.2, 0.25) is 0 Å². The first-order chi connectivity index (χ1) is 14.1. The predicted octanol–water partition coefficient (Wildman–Crippen LogP) is 3.30. The summed E-state index contributed by atoms with van der Waals surface area (Å²) in [6, 6.07) is 7.11. The fourth-order valence-corrected chi connectivity index (χ4v) is 2.94. The van der Waals surface area contributed by atoms with Crippen molar-refractivity contribution in [1.29, 1.82) is 0 Å². The second kappa shape index (κ2) is 9.82. The van der Waals surface area contributed by atoms with E-state index in [0.717, 1.165) is 31.4 Å². The summed E-state index contributed by atoms with van der Waals surface area (Å²) in [6.45, 7) is 0. The van der Waals surface area contributed by atoms with Crippen molar-refractivity contribution in [2.45, 2.75) is 24.7 Å². The maximum Gasteiger partial charge on any atom is 0.416 e. The number of benzene rings is 2. The molecule has 0 spiro atoms. The van der Waals surface area contributed by atoms with Crippen molar-refractivity contribution in [3.8, 4) is 5.75 Å². The van der Waals surface area contributed by atoms with E-state index in [1.54, 1.807) is 18.2 Å². The van der Waals surface area contributed by atoms with E-state index in [1.165, 1.54) is 7.11 Å². The number of ether oxygens (including phenoxy) is 2. The highest BCUT2D eigenvalue weighted by Gasteiger charge is 2.31. The third-order valence-electron chi connectivity index (χ3n) is 4.26. The molecule has 0 aliphatic rings. The molecule has 2 aromatic carbocycles. The van der Waals surface area contributed by atoms with Crippen LogP contribution in [0.3, 0.4) is 0 Å². The molecule has 1 amide bonds. The highest BCUT2D eigenvalue weighted by atomic mass is 35.5. The minimum absolute atomic E-state index is 0.00184. The van der Waals surface area contributed by atoms with Crippen LogP contribution in [0, 0.1) is 0 Å². The van der Waals surface area contributed by atoms with E-state index in [0.29, 0.717) is 16.3 Å². The highest BCUT2D eigenvalue weighted by molar-refractivity contribution is 6.32. The van der Waals surface area contributed by atoms with Crippen LogP contribution in [0.4, 0.5) is 13.2 Å². The lowest BCUT2D eigenvalue weighted by molar-refractivity contribution is -0.146. The average Bonchev–Trinajstić information content (AvgIpc) is 2.71. The number of hydrogen-bond donors (Lipinski definition) is 2. The second-order valence-corrected chi connectivity index (χ2v) is 6.69. The zero-order valence-corrected chi connectivity index (χ0v) is 16.8. The molecular formula is C20H19ClF3NO5. The summed E-state index contributed by atoms with van der Waals surface area (Å²) in [4.78, 5) is 24.4. The molecule has 0 fully saturated rings. The van der Waals surface area contributed by atoms with E-state index < -0.39 is 35.8 Å². The number of carbonyl (C=O) groups excluding carboxylic acids is 2. The van der Waals surface area contributed by atoms with Crippen LogP contribution in [0.15, 0.2) is 42.5 Å². The Morgan fingerprint density at radius 1 is 1.13 bits per heavy atom. The summed E-state index contributed by atoms with van der Waals surface area (Å²) >= 11 is 6.06. The Balaban J connectivity index is 2.14. The van der Waals surface area contributed by atoms with E-state index in [4.69, 9.17) is 16.3 Å². The molecule has 0 bridgehead atoms. The lowest BCUT2D eigenvalue weighted by Gasteiger charge is -2.19. The van der Waals surface area contributed by atoms with Crippen LogP contribution < -0.4 is 10.1 Å². The number of amides is 1. The number of carbonyl (C=O) groups is 2. The van der Waals surface area contributed by atoms with Crippen LogP contribution in [0.5, 0.6) is 5.75 Å². The number of rotatable bonds is 7. The summed E-state index contributed by atoms with van der Waals surface area (Å²) in [5.41, 5.74) is -0.389. The van der Waals surface area contributed by atoms with Gasteiger partial charge in [-0.15, -0.1) is 0 Å². The van der Waals surface area contributed by atoms with Gasteiger partial charge in [0.25, 0.3) is 5.91 Å². The molecule has 10 heteroatoms. The van der Waals surface area contributed by atoms with E-state index in [9.17, 15) is 27.9 Å². The Kier molecular flexibility index (Phi) is 7.69. The molecule has 0 aliphatic carbocycles. The third-order valence-corrected chi connectivity index (χ3v) is 4.56. The summed E-state index contributed by atoms with van der Waals surface area (Å²) in [7, 11) is 2.58. The van der Waals surface area contributed by atoms with E-state index in [1.807, 2.05) is 0 Å². The van der Waals surface area contributed by atoms with E-state index in [-0.39, 0.29) is 12.0 Å². The van der Waals surface area contributed by atoms with Crippen LogP contribution in [0.1, 0.15) is 22.8 Å². The summed E-state index contributed by atoms with van der Waals surface area (Å²) in [6.07, 6.45) is -6.32. The zero-order chi connectivity index (χ0) is 22.5. The molecule has 0 radical (unpaired) electrons. The molecule has 0 aromatic heterocycles. The van der Waals surface area contributed by atoms with Crippen LogP contribution in [-0.2, 0) is 26.9 Å². The fourth-order valence-electron chi connectivity index (χ4n) is 2.66. The standard InChI is InChI=1S/C20H19ClF3NO5/c1-29-16-8-3-11(9-14(16)21)10-15(19(28)30-2)25-18(27)17(26)12-4-6-13(7-5-12)20(22,23)24/h3-9,15,17,26H,10H2,1-2H3,(H,25,27)/t15-,17-/m1/s1. The maximum absolute atomic E-state index is 12.7. The molecule has 0 unspecified atom stereocenters. The van der Waals surface area contributed by atoms with Gasteiger partial charge in [-0.05, 0) is 35.4 Å². The van der Waals surface area contributed by atoms with Gasteiger partial charge < -0.3 is 19.9 Å². The molecule has 0 heterocycles. The molecule has 0 saturated heterocycles. The Labute approximate surface area is 175 Å². The topological polar surface area (TPSA) is 84.9 Å². The monoisotopic (exact) mass is 445 g/mol. The van der Waals surface area contributed by atoms with Gasteiger partial charge >= 0.3 is 12.1 Å². The number of methoxy groups -OCH3 is 2. The van der Waals surface area contributed by atoms with Gasteiger partial charge in [-0.25, -0.2) is 4.79 Å². The smallest absolute Gasteiger partial charge is 0.416 e. The Hall–Kier alpha value is -2.78. The first kappa shape index (κ1) is 23.5. The third kappa shape index (κ3) is 5.87. The summed E-state index contributed by atoms with van der Waals surface area (Å²) in [5.74, 6) is -1.31. The molecule has 2 N–H and O–H groups in total. The molecule has 162 valence electrons. The molecule has 6 nitrogen and oxygen atoms in total. The number of esters is 1. The summed E-state index contributed by atoms with van der Waals surface area (Å²) < 4.78 is 47.7. The Morgan fingerprint density at radius 2 is 1.77 bits per heavy atom. The van der Waals surface area contributed by atoms with Crippen molar-refractivity contribution in [3.63, 3.8) is 0 Å². The van der Waals surface area contributed by atoms with Gasteiger partial charge in [0.15, 0.2) is 6.10 Å². The van der Waals surface area contributed by atoms with Crippen LogP contribution in [0.2, 0.25) is 5.02 Å². The van der Waals surface area contributed by atoms with Crippen LogP contribution in [-0.4, -0.2) is 37.2 Å². The lowest BCUT2D eigenvalue weighted by atomic mass is 10.0. The zero-order valence-electron chi connectivity index (χ0n) is 16.0. The Morgan fingerprint density at radius 3 is 2.27 bits per heavy atom. The largest absolute Gasteiger partial charge is 0.495 e. The molecule has 2 atom stereocenters. The summed E-state index contributed by atoms with van der Waals surface area (Å²) in [5, 5.41) is 12.8. The average molecular weight is 446 g/mol. The normalized spacial score (nSPS) is 13.3. The van der Waals surface area contributed by atoms with Gasteiger partial charge in [0.05, 0.1) is 24.8 Å². The number of hydrogen-bond acceptors (Lipinski definition) is 5. The second-order valence-electron chi connectivity index (χ2n) is 6.28. The SMILES string of the molecule is COC(=O)[C@@H](Cc1ccc(OC)c(Cl)c1)NC(=O)[C@H](O)c1ccc(C(F)(F)F)cc1. The predicted molar refractivity (Wildman–Crippen MR) is 102 cm³/mol. The minimum Gasteiger partial charge on any atom is -0.495 e. The maximum atomic E-state index is 12.7. The number of aliphatic hydroxyl groups excluding tert-OH is 1. The number of halogens is 4. The van der Waals surface area contributed by atoms with Gasteiger partial charge in [-0.3, -0.25) is 4.79 Å². The van der Waals surface area contributed by atoms with Crippen molar-refractivity contribution in [1.82, 2.24) is 5.32 Å². The molecular weight excluding hydrogens is 427 g/mol. The van der Waals surface area contributed by atoms with Crippen molar-refractivity contribution in [2.24, 2.45) is 0 Å². The lowest BCUT2D eigenvalue weighted by Crippen LogP contribution is -2.45. The van der Waals surface area contributed by atoms with Crippen LogP contribution in [0.25, 0.3) is 0 Å². The minimum atomic E-state index is -4.54. The van der Waals surface area contributed by atoms with Gasteiger partial charge in [0.1, 0.15) is 11.8 Å². The first-order valence-corrected chi connectivity index (χ1v) is 9.00. The van der Waals surface area contributed by atoms with Gasteiger partial charge in [-0.2, -0.15) is 13.2 Å². The fraction of sp³-hybridized carbons (Fsp3) is 0.300. The van der Waals surface area contributed by atoms with Crippen molar-refractivity contribution in [3.05, 3.63) is 64.2 Å². The Bertz CT molecular complexity index is 902. The van der Waals surface area contributed by atoms with Crippen molar-refractivity contribution in [2.75, 3.05) is 14.2 Å². The van der Waals surface area contributed by atoms with Gasteiger partial charge in [0, 0.05) is 6.42 Å². The van der Waals surface area contributed by atoms with E-state index >= 15 is 0 Å². The number of aliphatic hydroxyl groups is 1. The van der Waals surface area contributed by atoms with E-state index in [2.05, 4.69) is 10.1 Å². The quantitative estimate of drug-likeness (QED) is 0.639. The molecule has 2 aromatic rings. The number of nitrogens with one attached hydrogen (secondary N) is 1. The van der Waals surface area contributed by atoms with Crippen LogP contribution >= 0.6 is 11.6 Å². The molecule has 0 saturated carbocycles. The first-order valence-electron chi connectivity index (χ1n) is 8.62. The van der Waals surface area contributed by atoms with Crippen molar-refractivity contribution < 1.29 is 37.3 Å². The molecule has 2 rings (SSSR count).